The van der Waals surface area contributed by atoms with E-state index in [9.17, 15) is 19.8 Å². The minimum Gasteiger partial charge on any atom is -0.466 e. The summed E-state index contributed by atoms with van der Waals surface area (Å²) < 4.78 is 5.49. The molecule has 0 aliphatic rings. The average molecular weight is 903 g/mol. The molecule has 378 valence electrons. The molecule has 2 unspecified atom stereocenters. The third-order valence-corrected chi connectivity index (χ3v) is 13.2. The van der Waals surface area contributed by atoms with Crippen LogP contribution >= 0.6 is 0 Å². The van der Waals surface area contributed by atoms with E-state index in [1.54, 1.807) is 6.08 Å². The lowest BCUT2D eigenvalue weighted by molar-refractivity contribution is -0.143. The Labute approximate surface area is 399 Å². The SMILES string of the molecule is CCCCCCCC/C=C\CCCCCCCCCC(=O)OCCCCCCCCCCCCCCCCCCCCCCC(=O)NC(CO)C(O)/C=C/CCCCCCCCCC. The molecule has 0 fully saturated rings. The summed E-state index contributed by atoms with van der Waals surface area (Å²) in [6, 6.07) is -0.627. The van der Waals surface area contributed by atoms with Crippen LogP contribution in [-0.4, -0.2) is 47.4 Å². The standard InChI is InChI=1S/C58H111NO5/c1-3-5-7-9-11-13-15-16-17-22-26-29-32-36-40-44-48-52-58(63)64-53-49-45-41-37-33-30-27-24-21-19-18-20-23-25-28-31-35-39-43-47-51-57(62)59-55(54-60)56(61)50-46-42-38-34-14-12-10-8-6-4-2/h16-17,46,50,55-56,60-61H,3-15,18-45,47-49,51-54H2,1-2H3,(H,59,62)/b17-16-,50-46+. The molecule has 3 N–H and O–H groups in total. The van der Waals surface area contributed by atoms with Gasteiger partial charge < -0.3 is 20.3 Å². The maximum absolute atomic E-state index is 12.4. The van der Waals surface area contributed by atoms with E-state index in [4.69, 9.17) is 4.74 Å². The molecule has 0 heterocycles. The molecule has 6 nitrogen and oxygen atoms in total. The highest BCUT2D eigenvalue weighted by atomic mass is 16.5. The number of allylic oxidation sites excluding steroid dienone is 3. The molecule has 0 saturated heterocycles. The summed E-state index contributed by atoms with van der Waals surface area (Å²) in [6.07, 6.45) is 64.9. The molecule has 64 heavy (non-hydrogen) atoms. The smallest absolute Gasteiger partial charge is 0.305 e. The van der Waals surface area contributed by atoms with Gasteiger partial charge in [-0.25, -0.2) is 0 Å². The largest absolute Gasteiger partial charge is 0.466 e. The molecule has 0 aromatic carbocycles. The van der Waals surface area contributed by atoms with Crippen molar-refractivity contribution in [2.75, 3.05) is 13.2 Å². The van der Waals surface area contributed by atoms with E-state index in [1.807, 2.05) is 6.08 Å². The van der Waals surface area contributed by atoms with Crippen molar-refractivity contribution in [2.45, 2.75) is 321 Å². The first-order chi connectivity index (χ1) is 31.5. The van der Waals surface area contributed by atoms with Gasteiger partial charge in [-0.05, 0) is 57.8 Å². The lowest BCUT2D eigenvalue weighted by atomic mass is 10.0. The number of ether oxygens (including phenoxy) is 1. The summed E-state index contributed by atoms with van der Waals surface area (Å²) in [5, 5.41) is 23.0. The van der Waals surface area contributed by atoms with Crippen molar-refractivity contribution in [2.24, 2.45) is 0 Å². The third kappa shape index (κ3) is 49.8. The zero-order chi connectivity index (χ0) is 46.5. The lowest BCUT2D eigenvalue weighted by Gasteiger charge is -2.20. The van der Waals surface area contributed by atoms with Gasteiger partial charge >= 0.3 is 5.97 Å². The van der Waals surface area contributed by atoms with Crippen LogP contribution in [0.15, 0.2) is 24.3 Å². The van der Waals surface area contributed by atoms with Gasteiger partial charge in [0.1, 0.15) is 0 Å². The Morgan fingerprint density at radius 1 is 0.422 bits per heavy atom. The molecular formula is C58H111NO5. The Kier molecular flexibility index (Phi) is 52.6. The van der Waals surface area contributed by atoms with Crippen molar-refractivity contribution >= 4 is 11.9 Å². The molecule has 2 atom stereocenters. The monoisotopic (exact) mass is 902 g/mol. The quantitative estimate of drug-likeness (QED) is 0.0321. The van der Waals surface area contributed by atoms with E-state index in [2.05, 4.69) is 31.3 Å². The first kappa shape index (κ1) is 62.3. The number of aliphatic hydroxyl groups excluding tert-OH is 2. The van der Waals surface area contributed by atoms with Gasteiger partial charge in [-0.2, -0.15) is 0 Å². The highest BCUT2D eigenvalue weighted by Gasteiger charge is 2.18. The van der Waals surface area contributed by atoms with Gasteiger partial charge in [0, 0.05) is 12.8 Å². The van der Waals surface area contributed by atoms with Crippen LogP contribution in [0.5, 0.6) is 0 Å². The fourth-order valence-corrected chi connectivity index (χ4v) is 8.81. The second-order valence-electron chi connectivity index (χ2n) is 19.6. The zero-order valence-electron chi connectivity index (χ0n) is 43.0. The number of nitrogens with one attached hydrogen (secondary N) is 1. The normalized spacial score (nSPS) is 12.8. The Morgan fingerprint density at radius 3 is 1.11 bits per heavy atom. The minimum atomic E-state index is -0.843. The molecule has 1 amide bonds. The highest BCUT2D eigenvalue weighted by Crippen LogP contribution is 2.17. The number of esters is 1. The fraction of sp³-hybridized carbons (Fsp3) is 0.897. The number of carbonyl (C=O) groups is 2. The van der Waals surface area contributed by atoms with Gasteiger partial charge in [-0.15, -0.1) is 0 Å². The van der Waals surface area contributed by atoms with Gasteiger partial charge in [-0.3, -0.25) is 9.59 Å². The van der Waals surface area contributed by atoms with Crippen LogP contribution in [0, 0.1) is 0 Å². The van der Waals surface area contributed by atoms with Crippen LogP contribution in [0.4, 0.5) is 0 Å². The van der Waals surface area contributed by atoms with Crippen LogP contribution < -0.4 is 5.32 Å². The average Bonchev–Trinajstić information content (AvgIpc) is 3.29. The predicted octanol–water partition coefficient (Wildman–Crippen LogP) is 17.5. The van der Waals surface area contributed by atoms with E-state index < -0.39 is 12.1 Å². The number of unbranched alkanes of at least 4 members (excludes halogenated alkanes) is 40. The first-order valence-electron chi connectivity index (χ1n) is 28.6. The Morgan fingerprint density at radius 2 is 0.734 bits per heavy atom. The Bertz CT molecular complexity index is 997. The number of hydrogen-bond donors (Lipinski definition) is 3. The van der Waals surface area contributed by atoms with Crippen LogP contribution in [0.25, 0.3) is 0 Å². The van der Waals surface area contributed by atoms with Gasteiger partial charge in [0.25, 0.3) is 0 Å². The van der Waals surface area contributed by atoms with E-state index in [0.29, 0.717) is 19.4 Å². The maximum Gasteiger partial charge on any atom is 0.305 e. The van der Waals surface area contributed by atoms with Gasteiger partial charge in [-0.1, -0.05) is 263 Å². The van der Waals surface area contributed by atoms with Crippen LogP contribution in [0.1, 0.15) is 309 Å². The van der Waals surface area contributed by atoms with Crippen molar-refractivity contribution in [1.29, 1.82) is 0 Å². The van der Waals surface area contributed by atoms with Gasteiger partial charge in [0.15, 0.2) is 0 Å². The van der Waals surface area contributed by atoms with Crippen molar-refractivity contribution in [3.05, 3.63) is 24.3 Å². The van der Waals surface area contributed by atoms with E-state index in [1.165, 1.54) is 238 Å². The van der Waals surface area contributed by atoms with E-state index in [-0.39, 0.29) is 18.5 Å². The summed E-state index contributed by atoms with van der Waals surface area (Å²) in [5.41, 5.74) is 0. The Balaban J connectivity index is 3.37. The van der Waals surface area contributed by atoms with Crippen LogP contribution in [-0.2, 0) is 14.3 Å². The molecule has 0 rings (SSSR count). The minimum absolute atomic E-state index is 0.00646. The third-order valence-electron chi connectivity index (χ3n) is 13.2. The molecule has 0 aliphatic heterocycles. The number of hydrogen-bond acceptors (Lipinski definition) is 5. The number of carbonyl (C=O) groups excluding carboxylic acids is 2. The fourth-order valence-electron chi connectivity index (χ4n) is 8.81. The lowest BCUT2D eigenvalue weighted by Crippen LogP contribution is -2.45. The molecule has 0 aromatic rings. The number of amides is 1. The summed E-state index contributed by atoms with van der Waals surface area (Å²) in [7, 11) is 0. The number of rotatable bonds is 53. The first-order valence-corrected chi connectivity index (χ1v) is 28.6. The summed E-state index contributed by atoms with van der Waals surface area (Å²) >= 11 is 0. The molecular weight excluding hydrogens is 791 g/mol. The molecule has 0 saturated carbocycles. The molecule has 0 aliphatic carbocycles. The number of aliphatic hydroxyl groups is 2. The van der Waals surface area contributed by atoms with Crippen LogP contribution in [0.2, 0.25) is 0 Å². The van der Waals surface area contributed by atoms with Gasteiger partial charge in [0.2, 0.25) is 5.91 Å². The second-order valence-corrected chi connectivity index (χ2v) is 19.6. The molecule has 0 bridgehead atoms. The van der Waals surface area contributed by atoms with Gasteiger partial charge in [0.05, 0.1) is 25.4 Å². The predicted molar refractivity (Wildman–Crippen MR) is 278 cm³/mol. The second kappa shape index (κ2) is 54.0. The molecule has 0 radical (unpaired) electrons. The Hall–Kier alpha value is -1.66. The summed E-state index contributed by atoms with van der Waals surface area (Å²) in [5.74, 6) is -0.0649. The summed E-state index contributed by atoms with van der Waals surface area (Å²) in [4.78, 5) is 24.5. The van der Waals surface area contributed by atoms with Crippen molar-refractivity contribution in [1.82, 2.24) is 5.32 Å². The highest BCUT2D eigenvalue weighted by molar-refractivity contribution is 5.76. The van der Waals surface area contributed by atoms with Crippen molar-refractivity contribution in [3.63, 3.8) is 0 Å². The van der Waals surface area contributed by atoms with E-state index >= 15 is 0 Å². The van der Waals surface area contributed by atoms with E-state index in [0.717, 1.165) is 44.9 Å². The summed E-state index contributed by atoms with van der Waals surface area (Å²) in [6.45, 7) is 4.88. The van der Waals surface area contributed by atoms with Crippen LogP contribution in [0.3, 0.4) is 0 Å². The van der Waals surface area contributed by atoms with Crippen molar-refractivity contribution in [3.8, 4) is 0 Å². The molecule has 0 aromatic heterocycles. The molecule has 0 spiro atoms. The molecule has 6 heteroatoms. The van der Waals surface area contributed by atoms with Crippen molar-refractivity contribution < 1.29 is 24.5 Å². The maximum atomic E-state index is 12.4. The topological polar surface area (TPSA) is 95.9 Å². The zero-order valence-corrected chi connectivity index (χ0v) is 43.0.